The van der Waals surface area contributed by atoms with Gasteiger partial charge in [0.05, 0.1) is 6.54 Å². The first-order valence-corrected chi connectivity index (χ1v) is 4.46. The van der Waals surface area contributed by atoms with Crippen molar-refractivity contribution in [2.75, 3.05) is 6.54 Å². The molecule has 76 valence electrons. The number of nitrogens with two attached hydrogens (primary N) is 1. The largest absolute Gasteiger partial charge is 0.453 e. The summed E-state index contributed by atoms with van der Waals surface area (Å²) in [7, 11) is 0. The van der Waals surface area contributed by atoms with Gasteiger partial charge in [-0.2, -0.15) is 0 Å². The van der Waals surface area contributed by atoms with Crippen molar-refractivity contribution in [2.45, 2.75) is 0 Å². The van der Waals surface area contributed by atoms with Gasteiger partial charge >= 0.3 is 0 Å². The van der Waals surface area contributed by atoms with Crippen LogP contribution >= 0.6 is 0 Å². The molecule has 15 heavy (non-hydrogen) atoms. The van der Waals surface area contributed by atoms with Crippen LogP contribution in [0, 0.1) is 0 Å². The van der Waals surface area contributed by atoms with Crippen LogP contribution in [0.2, 0.25) is 0 Å². The summed E-state index contributed by atoms with van der Waals surface area (Å²) >= 11 is 0. The Balaban J connectivity index is 2.55. The lowest BCUT2D eigenvalue weighted by molar-refractivity contribution is 0.0977. The molecule has 0 fully saturated rings. The molecule has 0 atom stereocenters. The lowest BCUT2D eigenvalue weighted by atomic mass is 10.2. The summed E-state index contributed by atoms with van der Waals surface area (Å²) in [6.45, 7) is -0.0830. The van der Waals surface area contributed by atoms with E-state index < -0.39 is 0 Å². The van der Waals surface area contributed by atoms with Crippen molar-refractivity contribution in [1.82, 2.24) is 0 Å². The first-order valence-electron chi connectivity index (χ1n) is 4.46. The van der Waals surface area contributed by atoms with E-state index in [0.29, 0.717) is 11.1 Å². The fourth-order valence-electron chi connectivity index (χ4n) is 1.37. The molecule has 0 aliphatic carbocycles. The van der Waals surface area contributed by atoms with Crippen LogP contribution in [0.1, 0.15) is 20.9 Å². The summed E-state index contributed by atoms with van der Waals surface area (Å²) in [6.07, 6.45) is 0.747. The Morgan fingerprint density at radius 1 is 1.40 bits per heavy atom. The number of fused-ring (bicyclic) bond motifs is 1. The molecule has 2 rings (SSSR count). The number of carbonyl (C=O) groups excluding carboxylic acids is 2. The highest BCUT2D eigenvalue weighted by Crippen LogP contribution is 2.20. The number of ketones is 1. The van der Waals surface area contributed by atoms with Gasteiger partial charge in [0.1, 0.15) is 11.9 Å². The van der Waals surface area contributed by atoms with Gasteiger partial charge in [0, 0.05) is 10.9 Å². The van der Waals surface area contributed by atoms with Gasteiger partial charge in [-0.25, -0.2) is 0 Å². The summed E-state index contributed by atoms with van der Waals surface area (Å²) in [6, 6.07) is 6.55. The molecule has 0 saturated carbocycles. The summed E-state index contributed by atoms with van der Waals surface area (Å²) in [5, 5.41) is 0.733. The first-order chi connectivity index (χ1) is 7.24. The van der Waals surface area contributed by atoms with Crippen molar-refractivity contribution in [2.24, 2.45) is 5.73 Å². The van der Waals surface area contributed by atoms with E-state index in [9.17, 15) is 9.59 Å². The molecule has 0 spiro atoms. The van der Waals surface area contributed by atoms with Crippen LogP contribution in [0.4, 0.5) is 0 Å². The van der Waals surface area contributed by atoms with Gasteiger partial charge in [0.2, 0.25) is 5.78 Å². The minimum atomic E-state index is -0.251. The van der Waals surface area contributed by atoms with Gasteiger partial charge in [0.15, 0.2) is 5.76 Å². The quantitative estimate of drug-likeness (QED) is 0.604. The number of aldehydes is 1. The normalized spacial score (nSPS) is 10.5. The van der Waals surface area contributed by atoms with Crippen LogP contribution in [0.15, 0.2) is 28.7 Å². The van der Waals surface area contributed by atoms with Gasteiger partial charge < -0.3 is 10.2 Å². The average Bonchev–Trinajstić information content (AvgIpc) is 2.70. The highest BCUT2D eigenvalue weighted by molar-refractivity contribution is 5.99. The molecule has 1 heterocycles. The molecule has 0 radical (unpaired) electrons. The molecule has 0 unspecified atom stereocenters. The predicted molar refractivity (Wildman–Crippen MR) is 55.0 cm³/mol. The van der Waals surface area contributed by atoms with Crippen molar-refractivity contribution in [3.8, 4) is 0 Å². The van der Waals surface area contributed by atoms with Crippen molar-refractivity contribution in [3.63, 3.8) is 0 Å². The maximum absolute atomic E-state index is 11.2. The summed E-state index contributed by atoms with van der Waals surface area (Å²) < 4.78 is 5.27. The van der Waals surface area contributed by atoms with Gasteiger partial charge in [0.25, 0.3) is 0 Å². The topological polar surface area (TPSA) is 73.3 Å². The Labute approximate surface area is 85.7 Å². The molecule has 0 aliphatic rings. The van der Waals surface area contributed by atoms with Crippen molar-refractivity contribution >= 4 is 23.0 Å². The smallest absolute Gasteiger partial charge is 0.211 e. The molecule has 2 aromatic rings. The number of hydrogen-bond acceptors (Lipinski definition) is 4. The van der Waals surface area contributed by atoms with E-state index in [1.165, 1.54) is 0 Å². The summed E-state index contributed by atoms with van der Waals surface area (Å²) in [5.41, 5.74) is 6.35. The first kappa shape index (κ1) is 9.61. The van der Waals surface area contributed by atoms with E-state index in [1.54, 1.807) is 24.3 Å². The average molecular weight is 203 g/mol. The maximum atomic E-state index is 11.2. The standard InChI is InChI=1S/C11H9NO3/c12-5-9(14)11-4-8-3-7(6-13)1-2-10(8)15-11/h1-4,6H,5,12H2. The lowest BCUT2D eigenvalue weighted by Crippen LogP contribution is -2.12. The molecule has 1 aromatic heterocycles. The zero-order valence-electron chi connectivity index (χ0n) is 7.90. The van der Waals surface area contributed by atoms with Gasteiger partial charge in [-0.15, -0.1) is 0 Å². The molecule has 4 nitrogen and oxygen atoms in total. The highest BCUT2D eigenvalue weighted by atomic mass is 16.3. The van der Waals surface area contributed by atoms with E-state index >= 15 is 0 Å². The Morgan fingerprint density at radius 2 is 2.20 bits per heavy atom. The van der Waals surface area contributed by atoms with Crippen molar-refractivity contribution in [1.29, 1.82) is 0 Å². The van der Waals surface area contributed by atoms with E-state index in [-0.39, 0.29) is 18.1 Å². The monoisotopic (exact) mass is 203 g/mol. The molecule has 0 aliphatic heterocycles. The molecule has 0 saturated heterocycles. The fourth-order valence-corrected chi connectivity index (χ4v) is 1.37. The van der Waals surface area contributed by atoms with E-state index in [1.807, 2.05) is 0 Å². The summed E-state index contributed by atoms with van der Waals surface area (Å²) in [5.74, 6) is -0.0191. The Hall–Kier alpha value is -1.94. The van der Waals surface area contributed by atoms with Crippen LogP contribution in [0.3, 0.4) is 0 Å². The van der Waals surface area contributed by atoms with E-state index in [4.69, 9.17) is 10.2 Å². The molecular weight excluding hydrogens is 194 g/mol. The SMILES string of the molecule is NCC(=O)c1cc2cc(C=O)ccc2o1. The van der Waals surface area contributed by atoms with Gasteiger partial charge in [-0.1, -0.05) is 0 Å². The van der Waals surface area contributed by atoms with Crippen molar-refractivity contribution < 1.29 is 14.0 Å². The van der Waals surface area contributed by atoms with E-state index in [0.717, 1.165) is 11.7 Å². The van der Waals surface area contributed by atoms with Gasteiger partial charge in [-0.3, -0.25) is 9.59 Å². The zero-order chi connectivity index (χ0) is 10.8. The third-order valence-electron chi connectivity index (χ3n) is 2.14. The third-order valence-corrected chi connectivity index (χ3v) is 2.14. The Kier molecular flexibility index (Phi) is 2.35. The van der Waals surface area contributed by atoms with Crippen LogP contribution in [-0.2, 0) is 0 Å². The Bertz CT molecular complexity index is 528. The minimum absolute atomic E-state index is 0.0830. The number of rotatable bonds is 3. The molecule has 1 aromatic carbocycles. The second-order valence-corrected chi connectivity index (χ2v) is 3.15. The number of hydrogen-bond donors (Lipinski definition) is 1. The van der Waals surface area contributed by atoms with Gasteiger partial charge in [-0.05, 0) is 24.3 Å². The van der Waals surface area contributed by atoms with E-state index in [2.05, 4.69) is 0 Å². The summed E-state index contributed by atoms with van der Waals surface area (Å²) in [4.78, 5) is 21.8. The molecule has 2 N–H and O–H groups in total. The molecule has 4 heteroatoms. The zero-order valence-corrected chi connectivity index (χ0v) is 7.90. The molecular formula is C11H9NO3. The number of Topliss-reactive ketones (excluding diaryl/α,β-unsaturated/α-hetero) is 1. The molecule has 0 amide bonds. The number of benzene rings is 1. The predicted octanol–water partition coefficient (Wildman–Crippen LogP) is 1.39. The highest BCUT2D eigenvalue weighted by Gasteiger charge is 2.10. The van der Waals surface area contributed by atoms with Crippen molar-refractivity contribution in [3.05, 3.63) is 35.6 Å². The maximum Gasteiger partial charge on any atom is 0.211 e. The number of carbonyl (C=O) groups is 2. The fraction of sp³-hybridized carbons (Fsp3) is 0.0909. The third kappa shape index (κ3) is 1.67. The van der Waals surface area contributed by atoms with Crippen LogP contribution in [-0.4, -0.2) is 18.6 Å². The second-order valence-electron chi connectivity index (χ2n) is 3.15. The van der Waals surface area contributed by atoms with Crippen LogP contribution in [0.25, 0.3) is 11.0 Å². The molecule has 0 bridgehead atoms. The van der Waals surface area contributed by atoms with Crippen LogP contribution < -0.4 is 5.73 Å². The lowest BCUT2D eigenvalue weighted by Gasteiger charge is -1.89. The Morgan fingerprint density at radius 3 is 2.87 bits per heavy atom. The minimum Gasteiger partial charge on any atom is -0.453 e. The van der Waals surface area contributed by atoms with Crippen LogP contribution in [0.5, 0.6) is 0 Å². The second kappa shape index (κ2) is 3.67. The number of furan rings is 1.